The number of hydrogen-bond acceptors (Lipinski definition) is 2. The fourth-order valence-corrected chi connectivity index (χ4v) is 2.23. The average molecular weight is 328 g/mol. The molecule has 0 bridgehead atoms. The van der Waals surface area contributed by atoms with E-state index in [0.717, 1.165) is 16.5 Å². The summed E-state index contributed by atoms with van der Waals surface area (Å²) < 4.78 is 0.962. The first-order chi connectivity index (χ1) is 8.85. The van der Waals surface area contributed by atoms with Gasteiger partial charge in [0.1, 0.15) is 0 Å². The first kappa shape index (κ1) is 16.2. The zero-order chi connectivity index (χ0) is 14.5. The van der Waals surface area contributed by atoms with Crippen molar-refractivity contribution in [1.82, 2.24) is 5.32 Å². The first-order valence-corrected chi connectivity index (χ1v) is 7.38. The monoisotopic (exact) mass is 327 g/mol. The Balaban J connectivity index is 2.48. The molecule has 106 valence electrons. The fourth-order valence-electron chi connectivity index (χ4n) is 1.79. The lowest BCUT2D eigenvalue weighted by atomic mass is 9.88. The molecule has 1 aromatic rings. The molecule has 1 amide bonds. The third-order valence-corrected chi connectivity index (χ3v) is 4.06. The second-order valence-electron chi connectivity index (χ2n) is 5.25. The van der Waals surface area contributed by atoms with Crippen LogP contribution in [0.1, 0.15) is 32.8 Å². The van der Waals surface area contributed by atoms with Gasteiger partial charge in [0, 0.05) is 11.0 Å². The molecule has 4 heteroatoms. The van der Waals surface area contributed by atoms with Crippen LogP contribution in [-0.2, 0) is 11.2 Å². The Morgan fingerprint density at radius 2 is 2.21 bits per heavy atom. The van der Waals surface area contributed by atoms with Gasteiger partial charge in [-0.1, -0.05) is 48.3 Å². The lowest BCUT2D eigenvalue weighted by Gasteiger charge is -2.29. The molecule has 2 unspecified atom stereocenters. The number of carbonyl (C=O) groups excluding carboxylic acids is 1. The molecule has 0 aromatic heterocycles. The predicted octanol–water partition coefficient (Wildman–Crippen LogP) is 2.90. The molecule has 0 spiro atoms. The Hall–Kier alpha value is -0.870. The summed E-state index contributed by atoms with van der Waals surface area (Å²) in [6, 6.07) is 7.67. The third-order valence-electron chi connectivity index (χ3n) is 3.57. The van der Waals surface area contributed by atoms with Crippen molar-refractivity contribution in [3.63, 3.8) is 0 Å². The van der Waals surface area contributed by atoms with Gasteiger partial charge in [-0.05, 0) is 30.5 Å². The van der Waals surface area contributed by atoms with Gasteiger partial charge in [0.25, 0.3) is 0 Å². The van der Waals surface area contributed by atoms with Gasteiger partial charge in [0.2, 0.25) is 5.91 Å². The molecule has 0 saturated carbocycles. The van der Waals surface area contributed by atoms with Gasteiger partial charge in [-0.3, -0.25) is 4.79 Å². The van der Waals surface area contributed by atoms with Gasteiger partial charge in [-0.15, -0.1) is 0 Å². The number of rotatable bonds is 6. The van der Waals surface area contributed by atoms with E-state index in [1.165, 1.54) is 0 Å². The van der Waals surface area contributed by atoms with Crippen molar-refractivity contribution in [2.75, 3.05) is 6.54 Å². The predicted molar refractivity (Wildman–Crippen MR) is 80.9 cm³/mol. The van der Waals surface area contributed by atoms with Crippen LogP contribution in [0.4, 0.5) is 0 Å². The minimum atomic E-state index is -0.859. The van der Waals surface area contributed by atoms with E-state index in [0.29, 0.717) is 6.42 Å². The maximum atomic E-state index is 11.8. The van der Waals surface area contributed by atoms with E-state index in [1.807, 2.05) is 38.1 Å². The van der Waals surface area contributed by atoms with Crippen LogP contribution in [-0.4, -0.2) is 23.2 Å². The SMILES string of the molecule is CCC(C)C(C)(O)CNC(=O)Cc1cccc(Br)c1. The number of benzene rings is 1. The van der Waals surface area contributed by atoms with E-state index < -0.39 is 5.60 Å². The molecule has 0 radical (unpaired) electrons. The quantitative estimate of drug-likeness (QED) is 0.844. The van der Waals surface area contributed by atoms with E-state index in [2.05, 4.69) is 21.2 Å². The molecule has 2 atom stereocenters. The Kier molecular flexibility index (Phi) is 6.01. The van der Waals surface area contributed by atoms with Gasteiger partial charge in [-0.2, -0.15) is 0 Å². The van der Waals surface area contributed by atoms with Gasteiger partial charge >= 0.3 is 0 Å². The van der Waals surface area contributed by atoms with E-state index >= 15 is 0 Å². The van der Waals surface area contributed by atoms with Crippen LogP contribution in [0, 0.1) is 5.92 Å². The van der Waals surface area contributed by atoms with Gasteiger partial charge in [-0.25, -0.2) is 0 Å². The van der Waals surface area contributed by atoms with Gasteiger partial charge in [0.05, 0.1) is 12.0 Å². The summed E-state index contributed by atoms with van der Waals surface area (Å²) in [5.74, 6) is 0.0837. The Morgan fingerprint density at radius 1 is 1.53 bits per heavy atom. The maximum absolute atomic E-state index is 11.8. The third kappa shape index (κ3) is 5.33. The number of nitrogens with one attached hydrogen (secondary N) is 1. The van der Waals surface area contributed by atoms with Gasteiger partial charge in [0.15, 0.2) is 0 Å². The van der Waals surface area contributed by atoms with E-state index in [1.54, 1.807) is 6.92 Å². The highest BCUT2D eigenvalue weighted by Crippen LogP contribution is 2.19. The molecule has 0 fully saturated rings. The van der Waals surface area contributed by atoms with E-state index in [4.69, 9.17) is 0 Å². The van der Waals surface area contributed by atoms with Crippen molar-refractivity contribution in [1.29, 1.82) is 0 Å². The topological polar surface area (TPSA) is 49.3 Å². The van der Waals surface area contributed by atoms with E-state index in [-0.39, 0.29) is 18.4 Å². The normalized spacial score (nSPS) is 15.6. The maximum Gasteiger partial charge on any atom is 0.224 e. The second kappa shape index (κ2) is 7.06. The van der Waals surface area contributed by atoms with Crippen molar-refractivity contribution in [3.8, 4) is 0 Å². The molecule has 0 aliphatic heterocycles. The van der Waals surface area contributed by atoms with E-state index in [9.17, 15) is 9.90 Å². The molecule has 0 saturated heterocycles. The number of hydrogen-bond donors (Lipinski definition) is 2. The molecule has 0 aliphatic rings. The lowest BCUT2D eigenvalue weighted by molar-refractivity contribution is -0.122. The molecular formula is C15H22BrNO2. The van der Waals surface area contributed by atoms with Crippen molar-refractivity contribution < 1.29 is 9.90 Å². The Morgan fingerprint density at radius 3 is 2.79 bits per heavy atom. The van der Waals surface area contributed by atoms with Crippen LogP contribution in [0.25, 0.3) is 0 Å². The van der Waals surface area contributed by atoms with Crippen LogP contribution >= 0.6 is 15.9 Å². The average Bonchev–Trinajstić information content (AvgIpc) is 2.35. The molecule has 1 rings (SSSR count). The standard InChI is InChI=1S/C15H22BrNO2/c1-4-11(2)15(3,19)10-17-14(18)9-12-6-5-7-13(16)8-12/h5-8,11,19H,4,9-10H2,1-3H3,(H,17,18). The molecule has 1 aromatic carbocycles. The number of carbonyl (C=O) groups is 1. The lowest BCUT2D eigenvalue weighted by Crippen LogP contribution is -2.45. The van der Waals surface area contributed by atoms with Crippen LogP contribution < -0.4 is 5.32 Å². The molecule has 0 aliphatic carbocycles. The minimum Gasteiger partial charge on any atom is -0.388 e. The second-order valence-corrected chi connectivity index (χ2v) is 6.17. The highest BCUT2D eigenvalue weighted by Gasteiger charge is 2.27. The summed E-state index contributed by atoms with van der Waals surface area (Å²) >= 11 is 3.38. The number of aliphatic hydroxyl groups is 1. The smallest absolute Gasteiger partial charge is 0.224 e. The van der Waals surface area contributed by atoms with Crippen LogP contribution in [0.15, 0.2) is 28.7 Å². The highest BCUT2D eigenvalue weighted by molar-refractivity contribution is 9.10. The number of amides is 1. The largest absolute Gasteiger partial charge is 0.388 e. The fraction of sp³-hybridized carbons (Fsp3) is 0.533. The molecule has 2 N–H and O–H groups in total. The van der Waals surface area contributed by atoms with Gasteiger partial charge < -0.3 is 10.4 Å². The van der Waals surface area contributed by atoms with Crippen LogP contribution in [0.2, 0.25) is 0 Å². The molecular weight excluding hydrogens is 306 g/mol. The van der Waals surface area contributed by atoms with Crippen LogP contribution in [0.3, 0.4) is 0 Å². The zero-order valence-electron chi connectivity index (χ0n) is 11.7. The van der Waals surface area contributed by atoms with Crippen molar-refractivity contribution in [2.45, 2.75) is 39.2 Å². The summed E-state index contributed by atoms with van der Waals surface area (Å²) in [5.41, 5.74) is 0.0943. The Labute approximate surface area is 123 Å². The minimum absolute atomic E-state index is 0.0679. The summed E-state index contributed by atoms with van der Waals surface area (Å²) in [4.78, 5) is 11.8. The molecule has 3 nitrogen and oxygen atoms in total. The molecule has 19 heavy (non-hydrogen) atoms. The Bertz CT molecular complexity index is 432. The highest BCUT2D eigenvalue weighted by atomic mass is 79.9. The first-order valence-electron chi connectivity index (χ1n) is 6.58. The summed E-state index contributed by atoms with van der Waals surface area (Å²) in [5, 5.41) is 13.0. The van der Waals surface area contributed by atoms with Crippen LogP contribution in [0.5, 0.6) is 0 Å². The molecule has 0 heterocycles. The van der Waals surface area contributed by atoms with Crippen molar-refractivity contribution >= 4 is 21.8 Å². The number of halogens is 1. The summed E-state index contributed by atoms with van der Waals surface area (Å²) in [7, 11) is 0. The summed E-state index contributed by atoms with van der Waals surface area (Å²) in [6.45, 7) is 6.07. The van der Waals surface area contributed by atoms with Crippen molar-refractivity contribution in [3.05, 3.63) is 34.3 Å². The van der Waals surface area contributed by atoms with Crippen molar-refractivity contribution in [2.24, 2.45) is 5.92 Å². The zero-order valence-corrected chi connectivity index (χ0v) is 13.3. The summed E-state index contributed by atoms with van der Waals surface area (Å²) in [6.07, 6.45) is 1.21.